The second-order valence-electron chi connectivity index (χ2n) is 8.31. The van der Waals surface area contributed by atoms with E-state index in [9.17, 15) is 13.2 Å². The van der Waals surface area contributed by atoms with E-state index in [1.807, 2.05) is 17.0 Å². The van der Waals surface area contributed by atoms with Gasteiger partial charge in [0.15, 0.2) is 5.82 Å². The third kappa shape index (κ3) is 4.96. The van der Waals surface area contributed by atoms with Crippen LogP contribution >= 0.6 is 0 Å². The zero-order valence-electron chi connectivity index (χ0n) is 18.4. The minimum absolute atomic E-state index is 0.0694. The van der Waals surface area contributed by atoms with Crippen LogP contribution in [0.4, 0.5) is 17.2 Å². The minimum atomic E-state index is -3.36. The highest BCUT2D eigenvalue weighted by atomic mass is 32.2. The van der Waals surface area contributed by atoms with Crippen molar-refractivity contribution in [1.82, 2.24) is 14.9 Å². The molecule has 0 radical (unpaired) electrons. The van der Waals surface area contributed by atoms with Crippen molar-refractivity contribution in [3.63, 3.8) is 0 Å². The van der Waals surface area contributed by atoms with Gasteiger partial charge >= 0.3 is 0 Å². The van der Waals surface area contributed by atoms with Crippen LogP contribution < -0.4 is 14.9 Å². The van der Waals surface area contributed by atoms with Crippen molar-refractivity contribution in [2.24, 2.45) is 0 Å². The third-order valence-electron chi connectivity index (χ3n) is 5.25. The number of aromatic nitrogens is 2. The van der Waals surface area contributed by atoms with E-state index in [-0.39, 0.29) is 5.91 Å². The number of sulfonamides is 1. The molecular formula is C22H28N6O3S. The molecule has 0 unspecified atom stereocenters. The fourth-order valence-electron chi connectivity index (χ4n) is 3.88. The summed E-state index contributed by atoms with van der Waals surface area (Å²) in [5.74, 6) is 0.838. The van der Waals surface area contributed by atoms with Gasteiger partial charge in [0.05, 0.1) is 17.6 Å². The van der Waals surface area contributed by atoms with Gasteiger partial charge < -0.3 is 20.1 Å². The molecule has 2 aromatic heterocycles. The van der Waals surface area contributed by atoms with Crippen molar-refractivity contribution in [2.75, 3.05) is 47.4 Å². The van der Waals surface area contributed by atoms with Crippen molar-refractivity contribution >= 4 is 44.0 Å². The molecular weight excluding hydrogens is 428 g/mol. The van der Waals surface area contributed by atoms with Gasteiger partial charge in [-0.05, 0) is 44.2 Å². The molecule has 0 atom stereocenters. The quantitative estimate of drug-likeness (QED) is 0.526. The molecule has 1 aromatic carbocycles. The zero-order chi connectivity index (χ0) is 22.9. The number of H-pyrrole nitrogens is 1. The maximum atomic E-state index is 13.1. The summed E-state index contributed by atoms with van der Waals surface area (Å²) in [7, 11) is -3.36. The summed E-state index contributed by atoms with van der Waals surface area (Å²) in [6.45, 7) is 6.75. The van der Waals surface area contributed by atoms with Gasteiger partial charge in [0.25, 0.3) is 5.91 Å². The van der Waals surface area contributed by atoms with E-state index < -0.39 is 10.0 Å². The highest BCUT2D eigenvalue weighted by Gasteiger charge is 2.25. The Bertz CT molecular complexity index is 1230. The molecule has 0 aliphatic carbocycles. The first-order valence-corrected chi connectivity index (χ1v) is 12.4. The average molecular weight is 457 g/mol. The second-order valence-corrected chi connectivity index (χ2v) is 10.1. The Balaban J connectivity index is 1.45. The molecule has 0 bridgehead atoms. The Labute approximate surface area is 187 Å². The predicted octanol–water partition coefficient (Wildman–Crippen LogP) is 2.72. The van der Waals surface area contributed by atoms with E-state index in [0.717, 1.165) is 23.1 Å². The maximum absolute atomic E-state index is 13.1. The number of hydrogen-bond acceptors (Lipinski definition) is 6. The van der Waals surface area contributed by atoms with Crippen molar-refractivity contribution in [2.45, 2.75) is 19.9 Å². The number of fused-ring (bicyclic) bond motifs is 1. The van der Waals surface area contributed by atoms with Crippen LogP contribution in [0.5, 0.6) is 0 Å². The second kappa shape index (κ2) is 8.70. The summed E-state index contributed by atoms with van der Waals surface area (Å²) in [6, 6.07) is 11.2. The lowest BCUT2D eigenvalue weighted by atomic mass is 10.2. The van der Waals surface area contributed by atoms with Crippen LogP contribution in [0.15, 0.2) is 42.6 Å². The van der Waals surface area contributed by atoms with Gasteiger partial charge in [0.2, 0.25) is 10.0 Å². The number of hydrogen-bond donors (Lipinski definition) is 3. The van der Waals surface area contributed by atoms with Gasteiger partial charge in [0.1, 0.15) is 5.69 Å². The molecule has 3 heterocycles. The zero-order valence-corrected chi connectivity index (χ0v) is 19.2. The predicted molar refractivity (Wildman–Crippen MR) is 128 cm³/mol. The van der Waals surface area contributed by atoms with Crippen LogP contribution in [0.25, 0.3) is 10.9 Å². The van der Waals surface area contributed by atoms with Gasteiger partial charge in [-0.1, -0.05) is 6.07 Å². The van der Waals surface area contributed by atoms with E-state index in [4.69, 9.17) is 0 Å². The molecule has 4 rings (SSSR count). The molecule has 32 heavy (non-hydrogen) atoms. The van der Waals surface area contributed by atoms with Crippen molar-refractivity contribution in [3.05, 3.63) is 48.3 Å². The van der Waals surface area contributed by atoms with Gasteiger partial charge in [0, 0.05) is 49.3 Å². The number of nitrogens with zero attached hydrogens (tertiary/aromatic N) is 3. The Kier molecular flexibility index (Phi) is 5.96. The lowest BCUT2D eigenvalue weighted by Gasteiger charge is -2.36. The molecule has 0 spiro atoms. The number of rotatable bonds is 6. The van der Waals surface area contributed by atoms with E-state index in [1.54, 1.807) is 30.5 Å². The summed E-state index contributed by atoms with van der Waals surface area (Å²) in [5.41, 5.74) is 2.65. The Morgan fingerprint density at radius 2 is 1.88 bits per heavy atom. The number of carbonyl (C=O) groups excluding carboxylic acids is 1. The van der Waals surface area contributed by atoms with E-state index in [2.05, 4.69) is 38.8 Å². The SMILES string of the molecule is CC(C)Nc1cccnc1N1CCN(C(=O)c2cc3ccc(NS(C)(=O)=O)cc3[nH]2)CC1. The Morgan fingerprint density at radius 1 is 1.12 bits per heavy atom. The standard InChI is InChI=1S/C22H28N6O3S/c1-15(2)24-18-5-4-8-23-21(18)27-9-11-28(12-10-27)22(29)20-13-16-6-7-17(14-19(16)25-20)26-32(3,30)31/h4-8,13-15,24-26H,9-12H2,1-3H3. The highest BCUT2D eigenvalue weighted by molar-refractivity contribution is 7.92. The van der Waals surface area contributed by atoms with Gasteiger partial charge in [-0.25, -0.2) is 13.4 Å². The molecule has 0 saturated carbocycles. The summed E-state index contributed by atoms with van der Waals surface area (Å²) in [6.07, 6.45) is 2.89. The summed E-state index contributed by atoms with van der Waals surface area (Å²) >= 11 is 0. The molecule has 3 N–H and O–H groups in total. The first kappa shape index (κ1) is 21.9. The molecule has 9 nitrogen and oxygen atoms in total. The number of pyridine rings is 1. The summed E-state index contributed by atoms with van der Waals surface area (Å²) < 4.78 is 25.4. The fraction of sp³-hybridized carbons (Fsp3) is 0.364. The monoisotopic (exact) mass is 456 g/mol. The first-order chi connectivity index (χ1) is 15.2. The van der Waals surface area contributed by atoms with Crippen LogP contribution in [0.1, 0.15) is 24.3 Å². The van der Waals surface area contributed by atoms with E-state index in [0.29, 0.717) is 49.1 Å². The Hall–Kier alpha value is -3.27. The molecule has 1 aliphatic rings. The summed E-state index contributed by atoms with van der Waals surface area (Å²) in [4.78, 5) is 24.8. The average Bonchev–Trinajstić information content (AvgIpc) is 3.15. The Morgan fingerprint density at radius 3 is 2.56 bits per heavy atom. The van der Waals surface area contributed by atoms with E-state index >= 15 is 0 Å². The van der Waals surface area contributed by atoms with Crippen LogP contribution in [0.3, 0.4) is 0 Å². The summed E-state index contributed by atoms with van der Waals surface area (Å²) in [5, 5.41) is 4.28. The lowest BCUT2D eigenvalue weighted by molar-refractivity contribution is 0.0741. The van der Waals surface area contributed by atoms with Crippen LogP contribution in [0, 0.1) is 0 Å². The molecule has 3 aromatic rings. The van der Waals surface area contributed by atoms with Crippen LogP contribution in [-0.2, 0) is 10.0 Å². The topological polar surface area (TPSA) is 110 Å². The van der Waals surface area contributed by atoms with Gasteiger partial charge in [-0.3, -0.25) is 9.52 Å². The number of nitrogens with one attached hydrogen (secondary N) is 3. The fourth-order valence-corrected chi connectivity index (χ4v) is 4.44. The first-order valence-electron chi connectivity index (χ1n) is 10.6. The van der Waals surface area contributed by atoms with Crippen molar-refractivity contribution < 1.29 is 13.2 Å². The molecule has 1 fully saturated rings. The number of anilines is 3. The van der Waals surface area contributed by atoms with Crippen LogP contribution in [-0.4, -0.2) is 67.7 Å². The number of carbonyl (C=O) groups is 1. The molecule has 170 valence electrons. The van der Waals surface area contributed by atoms with Crippen molar-refractivity contribution in [3.8, 4) is 0 Å². The van der Waals surface area contributed by atoms with Crippen LogP contribution in [0.2, 0.25) is 0 Å². The van der Waals surface area contributed by atoms with E-state index in [1.165, 1.54) is 0 Å². The number of benzene rings is 1. The largest absolute Gasteiger partial charge is 0.380 e. The number of piperazine rings is 1. The number of aromatic amines is 1. The lowest BCUT2D eigenvalue weighted by Crippen LogP contribution is -2.49. The molecule has 1 saturated heterocycles. The highest BCUT2D eigenvalue weighted by Crippen LogP contribution is 2.26. The maximum Gasteiger partial charge on any atom is 0.270 e. The third-order valence-corrected chi connectivity index (χ3v) is 5.86. The minimum Gasteiger partial charge on any atom is -0.380 e. The molecule has 10 heteroatoms. The van der Waals surface area contributed by atoms with Crippen molar-refractivity contribution in [1.29, 1.82) is 0 Å². The smallest absolute Gasteiger partial charge is 0.270 e. The van der Waals surface area contributed by atoms with Gasteiger partial charge in [-0.15, -0.1) is 0 Å². The number of amides is 1. The van der Waals surface area contributed by atoms with Gasteiger partial charge in [-0.2, -0.15) is 0 Å². The molecule has 1 aliphatic heterocycles. The molecule has 1 amide bonds. The normalized spacial score (nSPS) is 14.8.